The van der Waals surface area contributed by atoms with Crippen LogP contribution in [-0.2, 0) is 10.2 Å². The second kappa shape index (κ2) is 4.77. The number of hydrogen-bond acceptors (Lipinski definition) is 3. The van der Waals surface area contributed by atoms with E-state index in [4.69, 9.17) is 14.7 Å². The molecule has 0 unspecified atom stereocenters. The SMILES string of the molecule is COc1ccc(C2(CCC#N)COC2)cc1C. The summed E-state index contributed by atoms with van der Waals surface area (Å²) in [5.41, 5.74) is 2.44. The van der Waals surface area contributed by atoms with Gasteiger partial charge in [0.2, 0.25) is 0 Å². The van der Waals surface area contributed by atoms with Crippen LogP contribution >= 0.6 is 0 Å². The molecule has 1 aliphatic heterocycles. The normalized spacial score (nSPS) is 17.0. The van der Waals surface area contributed by atoms with E-state index in [0.29, 0.717) is 6.42 Å². The average Bonchev–Trinajstić information content (AvgIpc) is 2.28. The van der Waals surface area contributed by atoms with Crippen LogP contribution in [0, 0.1) is 18.3 Å². The van der Waals surface area contributed by atoms with E-state index >= 15 is 0 Å². The van der Waals surface area contributed by atoms with Crippen LogP contribution in [0.3, 0.4) is 0 Å². The number of rotatable bonds is 4. The molecule has 0 aromatic heterocycles. The Bertz CT molecular complexity index is 444. The van der Waals surface area contributed by atoms with Gasteiger partial charge in [0.25, 0.3) is 0 Å². The second-order valence-corrected chi connectivity index (χ2v) is 4.62. The van der Waals surface area contributed by atoms with Gasteiger partial charge in [-0.2, -0.15) is 5.26 Å². The van der Waals surface area contributed by atoms with E-state index in [1.165, 1.54) is 5.56 Å². The molecule has 3 heteroatoms. The zero-order valence-electron chi connectivity index (χ0n) is 10.3. The van der Waals surface area contributed by atoms with Gasteiger partial charge in [0.1, 0.15) is 5.75 Å². The molecule has 0 radical (unpaired) electrons. The van der Waals surface area contributed by atoms with Crippen LogP contribution in [0.15, 0.2) is 18.2 Å². The fraction of sp³-hybridized carbons (Fsp3) is 0.500. The van der Waals surface area contributed by atoms with E-state index in [2.05, 4.69) is 18.2 Å². The molecule has 1 aromatic carbocycles. The number of aryl methyl sites for hydroxylation is 1. The molecule has 3 nitrogen and oxygen atoms in total. The van der Waals surface area contributed by atoms with E-state index in [0.717, 1.165) is 30.9 Å². The molecule has 0 amide bonds. The molecular weight excluding hydrogens is 214 g/mol. The van der Waals surface area contributed by atoms with E-state index < -0.39 is 0 Å². The highest BCUT2D eigenvalue weighted by molar-refractivity contribution is 5.40. The maximum atomic E-state index is 8.72. The standard InChI is InChI=1S/C14H17NO2/c1-11-8-12(4-5-13(11)16-2)14(6-3-7-15)9-17-10-14/h4-5,8H,3,6,9-10H2,1-2H3. The van der Waals surface area contributed by atoms with Crippen molar-refractivity contribution < 1.29 is 9.47 Å². The molecule has 0 atom stereocenters. The quantitative estimate of drug-likeness (QED) is 0.799. The number of nitriles is 1. The van der Waals surface area contributed by atoms with Crippen molar-refractivity contribution in [2.24, 2.45) is 0 Å². The van der Waals surface area contributed by atoms with Gasteiger partial charge in [0, 0.05) is 11.8 Å². The van der Waals surface area contributed by atoms with Crippen LogP contribution in [0.4, 0.5) is 0 Å². The van der Waals surface area contributed by atoms with Crippen molar-refractivity contribution in [3.63, 3.8) is 0 Å². The predicted molar refractivity (Wildman–Crippen MR) is 65.1 cm³/mol. The van der Waals surface area contributed by atoms with Crippen LogP contribution in [0.5, 0.6) is 5.75 Å². The van der Waals surface area contributed by atoms with Gasteiger partial charge in [-0.1, -0.05) is 12.1 Å². The molecule has 2 rings (SSSR count). The third kappa shape index (κ3) is 2.13. The van der Waals surface area contributed by atoms with E-state index in [1.807, 2.05) is 13.0 Å². The zero-order valence-corrected chi connectivity index (χ0v) is 10.3. The highest BCUT2D eigenvalue weighted by Crippen LogP contribution is 2.38. The summed E-state index contributed by atoms with van der Waals surface area (Å²) in [6.45, 7) is 3.49. The molecule has 1 aliphatic rings. The molecule has 1 aromatic rings. The second-order valence-electron chi connectivity index (χ2n) is 4.62. The van der Waals surface area contributed by atoms with Crippen molar-refractivity contribution in [2.45, 2.75) is 25.2 Å². The first-order valence-corrected chi connectivity index (χ1v) is 5.82. The van der Waals surface area contributed by atoms with Crippen molar-refractivity contribution in [1.82, 2.24) is 0 Å². The Kier molecular flexibility index (Phi) is 3.35. The Labute approximate surface area is 102 Å². The van der Waals surface area contributed by atoms with Crippen LogP contribution in [-0.4, -0.2) is 20.3 Å². The summed E-state index contributed by atoms with van der Waals surface area (Å²) in [6.07, 6.45) is 1.45. The Balaban J connectivity index is 2.26. The molecule has 1 heterocycles. The first-order chi connectivity index (χ1) is 8.22. The van der Waals surface area contributed by atoms with E-state index in [1.54, 1.807) is 7.11 Å². The zero-order chi connectivity index (χ0) is 12.3. The molecular formula is C14H17NO2. The van der Waals surface area contributed by atoms with Gasteiger partial charge in [0.05, 0.1) is 26.4 Å². The lowest BCUT2D eigenvalue weighted by Crippen LogP contribution is -2.46. The average molecular weight is 231 g/mol. The highest BCUT2D eigenvalue weighted by Gasteiger charge is 2.39. The van der Waals surface area contributed by atoms with Gasteiger partial charge < -0.3 is 9.47 Å². The third-order valence-electron chi connectivity index (χ3n) is 3.48. The molecule has 1 fully saturated rings. The molecule has 17 heavy (non-hydrogen) atoms. The van der Waals surface area contributed by atoms with Gasteiger partial charge in [-0.05, 0) is 30.5 Å². The minimum atomic E-state index is 0.0484. The summed E-state index contributed by atoms with van der Waals surface area (Å²) in [7, 11) is 1.68. The number of hydrogen-bond donors (Lipinski definition) is 0. The van der Waals surface area contributed by atoms with E-state index in [9.17, 15) is 0 Å². The topological polar surface area (TPSA) is 42.2 Å². The number of benzene rings is 1. The maximum absolute atomic E-state index is 8.72. The summed E-state index contributed by atoms with van der Waals surface area (Å²) < 4.78 is 10.6. The van der Waals surface area contributed by atoms with Crippen molar-refractivity contribution in [1.29, 1.82) is 5.26 Å². The molecule has 0 aliphatic carbocycles. The molecule has 1 saturated heterocycles. The Hall–Kier alpha value is -1.53. The Morgan fingerprint density at radius 2 is 2.24 bits per heavy atom. The number of ether oxygens (including phenoxy) is 2. The van der Waals surface area contributed by atoms with Gasteiger partial charge >= 0.3 is 0 Å². The van der Waals surface area contributed by atoms with Crippen molar-refractivity contribution in [3.8, 4) is 11.8 Å². The largest absolute Gasteiger partial charge is 0.496 e. The van der Waals surface area contributed by atoms with Crippen LogP contribution in [0.1, 0.15) is 24.0 Å². The first kappa shape index (κ1) is 11.9. The monoisotopic (exact) mass is 231 g/mol. The fourth-order valence-electron chi connectivity index (χ4n) is 2.31. The molecule has 90 valence electrons. The van der Waals surface area contributed by atoms with Gasteiger partial charge in [0.15, 0.2) is 0 Å². The summed E-state index contributed by atoms with van der Waals surface area (Å²) in [4.78, 5) is 0. The lowest BCUT2D eigenvalue weighted by atomic mass is 9.74. The fourth-order valence-corrected chi connectivity index (χ4v) is 2.31. The minimum Gasteiger partial charge on any atom is -0.496 e. The van der Waals surface area contributed by atoms with Crippen molar-refractivity contribution >= 4 is 0 Å². The van der Waals surface area contributed by atoms with Gasteiger partial charge in [-0.25, -0.2) is 0 Å². The molecule has 0 saturated carbocycles. The lowest BCUT2D eigenvalue weighted by molar-refractivity contribution is -0.0637. The lowest BCUT2D eigenvalue weighted by Gasteiger charge is -2.42. The Morgan fingerprint density at radius 3 is 2.71 bits per heavy atom. The molecule has 0 N–H and O–H groups in total. The van der Waals surface area contributed by atoms with Gasteiger partial charge in [-0.3, -0.25) is 0 Å². The summed E-state index contributed by atoms with van der Waals surface area (Å²) >= 11 is 0. The smallest absolute Gasteiger partial charge is 0.121 e. The van der Waals surface area contributed by atoms with Crippen LogP contribution < -0.4 is 4.74 Å². The van der Waals surface area contributed by atoms with E-state index in [-0.39, 0.29) is 5.41 Å². The van der Waals surface area contributed by atoms with Crippen molar-refractivity contribution in [3.05, 3.63) is 29.3 Å². The molecule has 0 bridgehead atoms. The summed E-state index contributed by atoms with van der Waals surface area (Å²) in [5, 5.41) is 8.72. The highest BCUT2D eigenvalue weighted by atomic mass is 16.5. The van der Waals surface area contributed by atoms with Crippen LogP contribution in [0.25, 0.3) is 0 Å². The van der Waals surface area contributed by atoms with Gasteiger partial charge in [-0.15, -0.1) is 0 Å². The third-order valence-corrected chi connectivity index (χ3v) is 3.48. The first-order valence-electron chi connectivity index (χ1n) is 5.82. The number of methoxy groups -OCH3 is 1. The maximum Gasteiger partial charge on any atom is 0.121 e. The van der Waals surface area contributed by atoms with Crippen LogP contribution in [0.2, 0.25) is 0 Å². The minimum absolute atomic E-state index is 0.0484. The molecule has 0 spiro atoms. The Morgan fingerprint density at radius 1 is 1.47 bits per heavy atom. The number of nitrogens with zero attached hydrogens (tertiary/aromatic N) is 1. The van der Waals surface area contributed by atoms with Crippen molar-refractivity contribution in [2.75, 3.05) is 20.3 Å². The predicted octanol–water partition coefficient (Wildman–Crippen LogP) is 2.58. The summed E-state index contributed by atoms with van der Waals surface area (Å²) in [6, 6.07) is 8.46. The summed E-state index contributed by atoms with van der Waals surface area (Å²) in [5.74, 6) is 0.907.